The van der Waals surface area contributed by atoms with E-state index in [9.17, 15) is 14.4 Å². The van der Waals surface area contributed by atoms with Crippen LogP contribution >= 0.6 is 0 Å². The number of hydrogen-bond donors (Lipinski definition) is 2. The summed E-state index contributed by atoms with van der Waals surface area (Å²) in [6, 6.07) is 8.22. The first kappa shape index (κ1) is 10.9. The molecule has 17 heavy (non-hydrogen) atoms. The molecule has 0 spiro atoms. The summed E-state index contributed by atoms with van der Waals surface area (Å²) in [4.78, 5) is 37.7. The van der Waals surface area contributed by atoms with Crippen LogP contribution in [0.4, 0.5) is 0 Å². The molecule has 1 aromatic heterocycles. The van der Waals surface area contributed by atoms with Gasteiger partial charge in [0, 0.05) is 0 Å². The lowest BCUT2D eigenvalue weighted by Crippen LogP contribution is -2.24. The Hall–Kier alpha value is -2.63. The minimum atomic E-state index is -0.752. The van der Waals surface area contributed by atoms with E-state index in [4.69, 9.17) is 4.74 Å². The number of H-pyrrole nitrogens is 2. The van der Waals surface area contributed by atoms with Crippen LogP contribution in [0.3, 0.4) is 0 Å². The van der Waals surface area contributed by atoms with Crippen molar-refractivity contribution in [1.29, 1.82) is 0 Å². The van der Waals surface area contributed by atoms with Gasteiger partial charge in [0.05, 0.1) is 11.8 Å². The molecule has 86 valence electrons. The Morgan fingerprint density at radius 3 is 2.47 bits per heavy atom. The maximum Gasteiger partial charge on any atom is 0.343 e. The lowest BCUT2D eigenvalue weighted by atomic mass is 10.2. The highest BCUT2D eigenvalue weighted by atomic mass is 16.5. The van der Waals surface area contributed by atoms with Gasteiger partial charge in [-0.05, 0) is 12.1 Å². The third kappa shape index (κ3) is 2.49. The summed E-state index contributed by atoms with van der Waals surface area (Å²) in [5.41, 5.74) is -1.09. The molecule has 2 aromatic rings. The lowest BCUT2D eigenvalue weighted by Gasteiger charge is -2.01. The van der Waals surface area contributed by atoms with E-state index >= 15 is 0 Å². The summed E-state index contributed by atoms with van der Waals surface area (Å²) in [7, 11) is 0. The monoisotopic (exact) mass is 232 g/mol. The molecular weight excluding hydrogens is 224 g/mol. The van der Waals surface area contributed by atoms with Crippen LogP contribution in [-0.2, 0) is 0 Å². The molecule has 0 amide bonds. The molecule has 0 unspecified atom stereocenters. The van der Waals surface area contributed by atoms with Gasteiger partial charge in [0.15, 0.2) is 0 Å². The number of hydrogen-bond acceptors (Lipinski definition) is 4. The van der Waals surface area contributed by atoms with E-state index in [0.717, 1.165) is 6.20 Å². The minimum Gasteiger partial charge on any atom is -0.415 e. The van der Waals surface area contributed by atoms with Crippen molar-refractivity contribution in [2.24, 2.45) is 0 Å². The van der Waals surface area contributed by atoms with Crippen molar-refractivity contribution in [3.8, 4) is 5.75 Å². The van der Waals surface area contributed by atoms with Crippen molar-refractivity contribution in [3.05, 3.63) is 62.9 Å². The van der Waals surface area contributed by atoms with Crippen LogP contribution in [0.25, 0.3) is 0 Å². The number of nitrogens with one attached hydrogen (secondary N) is 2. The van der Waals surface area contributed by atoms with Gasteiger partial charge >= 0.3 is 11.7 Å². The maximum absolute atomic E-state index is 11.6. The van der Waals surface area contributed by atoms with Crippen molar-refractivity contribution in [2.45, 2.75) is 0 Å². The molecule has 0 aliphatic rings. The third-order valence-corrected chi connectivity index (χ3v) is 2.00. The Bertz CT molecular complexity index is 642. The van der Waals surface area contributed by atoms with Crippen LogP contribution in [0.15, 0.2) is 46.1 Å². The maximum atomic E-state index is 11.6. The van der Waals surface area contributed by atoms with Crippen LogP contribution in [0.2, 0.25) is 0 Å². The average molecular weight is 232 g/mol. The standard InChI is InChI=1S/C11H8N2O4/c14-9-8(6-12-11(16)13-9)17-10(15)7-4-2-1-3-5-7/h1-6H,(H2,12,13,14,16). The number of carbonyl (C=O) groups is 1. The number of aromatic nitrogens is 2. The zero-order chi connectivity index (χ0) is 12.3. The summed E-state index contributed by atoms with van der Waals surface area (Å²) in [5, 5.41) is 0. The first-order valence-corrected chi connectivity index (χ1v) is 4.76. The van der Waals surface area contributed by atoms with Gasteiger partial charge in [-0.2, -0.15) is 0 Å². The molecule has 0 atom stereocenters. The Balaban J connectivity index is 2.25. The summed E-state index contributed by atoms with van der Waals surface area (Å²) in [6.07, 6.45) is 1.04. The van der Waals surface area contributed by atoms with Gasteiger partial charge in [0.2, 0.25) is 5.75 Å². The normalized spacial score (nSPS) is 9.88. The summed E-state index contributed by atoms with van der Waals surface area (Å²) in [6.45, 7) is 0. The van der Waals surface area contributed by atoms with Crippen molar-refractivity contribution < 1.29 is 9.53 Å². The van der Waals surface area contributed by atoms with Gasteiger partial charge in [-0.25, -0.2) is 9.59 Å². The second kappa shape index (κ2) is 4.48. The molecule has 2 rings (SSSR count). The highest BCUT2D eigenvalue weighted by Crippen LogP contribution is 2.04. The quantitative estimate of drug-likeness (QED) is 0.727. The summed E-state index contributed by atoms with van der Waals surface area (Å²) >= 11 is 0. The fourth-order valence-corrected chi connectivity index (χ4v) is 1.21. The lowest BCUT2D eigenvalue weighted by molar-refractivity contribution is 0.0731. The number of benzene rings is 1. The molecular formula is C11H8N2O4. The molecule has 6 heteroatoms. The van der Waals surface area contributed by atoms with Gasteiger partial charge in [0.25, 0.3) is 5.56 Å². The van der Waals surface area contributed by atoms with Crippen molar-refractivity contribution in [1.82, 2.24) is 9.97 Å². The molecule has 1 heterocycles. The average Bonchev–Trinajstić information content (AvgIpc) is 2.34. The predicted molar refractivity (Wildman–Crippen MR) is 59.1 cm³/mol. The van der Waals surface area contributed by atoms with E-state index in [1.54, 1.807) is 30.3 Å². The molecule has 6 nitrogen and oxygen atoms in total. The molecule has 0 aliphatic carbocycles. The van der Waals surface area contributed by atoms with Crippen molar-refractivity contribution in [3.63, 3.8) is 0 Å². The largest absolute Gasteiger partial charge is 0.415 e. The minimum absolute atomic E-state index is 0.251. The Morgan fingerprint density at radius 1 is 1.12 bits per heavy atom. The van der Waals surface area contributed by atoms with E-state index in [1.165, 1.54) is 0 Å². The Kier molecular flexibility index (Phi) is 2.87. The van der Waals surface area contributed by atoms with Gasteiger partial charge in [-0.1, -0.05) is 18.2 Å². The second-order valence-electron chi connectivity index (χ2n) is 3.19. The summed E-state index contributed by atoms with van der Waals surface area (Å²) in [5.74, 6) is -0.915. The molecule has 0 saturated heterocycles. The number of aromatic amines is 2. The highest BCUT2D eigenvalue weighted by Gasteiger charge is 2.10. The first-order chi connectivity index (χ1) is 8.16. The molecule has 1 aromatic carbocycles. The molecule has 0 radical (unpaired) electrons. The third-order valence-electron chi connectivity index (χ3n) is 2.00. The van der Waals surface area contributed by atoms with Crippen LogP contribution < -0.4 is 16.0 Å². The SMILES string of the molecule is O=C(Oc1c[nH]c(=O)[nH]c1=O)c1ccccc1. The number of rotatable bonds is 2. The van der Waals surface area contributed by atoms with Crippen molar-refractivity contribution in [2.75, 3.05) is 0 Å². The zero-order valence-corrected chi connectivity index (χ0v) is 8.60. The van der Waals surface area contributed by atoms with E-state index in [0.29, 0.717) is 5.56 Å². The first-order valence-electron chi connectivity index (χ1n) is 4.76. The van der Waals surface area contributed by atoms with Crippen molar-refractivity contribution >= 4 is 5.97 Å². The molecule has 0 fully saturated rings. The van der Waals surface area contributed by atoms with Gasteiger partial charge < -0.3 is 9.72 Å². The van der Waals surface area contributed by atoms with E-state index in [2.05, 4.69) is 4.98 Å². The Labute approximate surface area is 94.9 Å². The number of esters is 1. The topological polar surface area (TPSA) is 92.0 Å². The molecule has 0 bridgehead atoms. The van der Waals surface area contributed by atoms with Gasteiger partial charge in [-0.3, -0.25) is 9.78 Å². The van der Waals surface area contributed by atoms with Crippen LogP contribution in [0, 0.1) is 0 Å². The van der Waals surface area contributed by atoms with E-state index in [-0.39, 0.29) is 5.75 Å². The highest BCUT2D eigenvalue weighted by molar-refractivity contribution is 5.90. The smallest absolute Gasteiger partial charge is 0.343 e. The zero-order valence-electron chi connectivity index (χ0n) is 8.60. The molecule has 0 aliphatic heterocycles. The van der Waals surface area contributed by atoms with Crippen LogP contribution in [0.5, 0.6) is 5.75 Å². The van der Waals surface area contributed by atoms with E-state index < -0.39 is 17.2 Å². The van der Waals surface area contributed by atoms with Gasteiger partial charge in [-0.15, -0.1) is 0 Å². The van der Waals surface area contributed by atoms with Gasteiger partial charge in [0.1, 0.15) is 0 Å². The fourth-order valence-electron chi connectivity index (χ4n) is 1.21. The van der Waals surface area contributed by atoms with Crippen LogP contribution in [-0.4, -0.2) is 15.9 Å². The predicted octanol–water partition coefficient (Wildman–Crippen LogP) is 0.282. The Morgan fingerprint density at radius 2 is 1.82 bits per heavy atom. The molecule has 0 saturated carbocycles. The summed E-state index contributed by atoms with van der Waals surface area (Å²) < 4.78 is 4.83. The van der Waals surface area contributed by atoms with E-state index in [1.807, 2.05) is 4.98 Å². The second-order valence-corrected chi connectivity index (χ2v) is 3.19. The molecule has 2 N–H and O–H groups in total. The fraction of sp³-hybridized carbons (Fsp3) is 0. The number of carbonyl (C=O) groups excluding carboxylic acids is 1. The number of ether oxygens (including phenoxy) is 1. The van der Waals surface area contributed by atoms with Crippen LogP contribution in [0.1, 0.15) is 10.4 Å².